The molecule has 6 aromatic rings. The molecular weight excluding hydrogens is 590 g/mol. The Bertz CT molecular complexity index is 1890. The number of benzene rings is 5. The molecule has 48 heavy (non-hydrogen) atoms. The summed E-state index contributed by atoms with van der Waals surface area (Å²) in [5, 5.41) is 1.20. The first-order chi connectivity index (χ1) is 23.7. The maximum Gasteiger partial charge on any atom is 0.120 e. The van der Waals surface area contributed by atoms with E-state index in [1.807, 2.05) is 36.4 Å². The minimum Gasteiger partial charge on any atom is -0.494 e. The van der Waals surface area contributed by atoms with Gasteiger partial charge in [0.2, 0.25) is 0 Å². The summed E-state index contributed by atoms with van der Waals surface area (Å²) in [6.45, 7) is 4.86. The molecule has 1 aliphatic rings. The lowest BCUT2D eigenvalue weighted by Gasteiger charge is -2.21. The summed E-state index contributed by atoms with van der Waals surface area (Å²) < 4.78 is 21.0. The number of hydrogen-bond donors (Lipinski definition) is 0. The quantitative estimate of drug-likeness (QED) is 0.127. The van der Waals surface area contributed by atoms with Crippen LogP contribution in [0.5, 0.6) is 17.2 Å². The van der Waals surface area contributed by atoms with Crippen LogP contribution in [0.25, 0.3) is 22.2 Å². The van der Waals surface area contributed by atoms with Gasteiger partial charge < -0.3 is 18.8 Å². The van der Waals surface area contributed by atoms with Crippen molar-refractivity contribution in [3.8, 4) is 28.5 Å². The van der Waals surface area contributed by atoms with Gasteiger partial charge in [-0.2, -0.15) is 0 Å². The second-order valence-electron chi connectivity index (χ2n) is 13.1. The second kappa shape index (κ2) is 15.3. The van der Waals surface area contributed by atoms with E-state index in [0.29, 0.717) is 13.2 Å². The maximum absolute atomic E-state index is 6.25. The molecular formula is C44H45NO3. The molecule has 1 fully saturated rings. The highest BCUT2D eigenvalue weighted by Gasteiger charge is 2.18. The van der Waals surface area contributed by atoms with E-state index < -0.39 is 0 Å². The lowest BCUT2D eigenvalue weighted by molar-refractivity contribution is 0.246. The molecule has 0 saturated heterocycles. The number of hydrogen-bond acceptors (Lipinski definition) is 3. The Kier molecular flexibility index (Phi) is 10.1. The van der Waals surface area contributed by atoms with Gasteiger partial charge in [0, 0.05) is 17.4 Å². The number of nitrogens with zero attached hydrogens (tertiary/aromatic N) is 1. The first kappa shape index (κ1) is 31.6. The van der Waals surface area contributed by atoms with E-state index in [0.717, 1.165) is 59.4 Å². The average molecular weight is 636 g/mol. The van der Waals surface area contributed by atoms with Gasteiger partial charge in [-0.25, -0.2) is 0 Å². The zero-order valence-corrected chi connectivity index (χ0v) is 27.9. The second-order valence-corrected chi connectivity index (χ2v) is 13.1. The van der Waals surface area contributed by atoms with E-state index in [1.165, 1.54) is 59.8 Å². The normalized spacial score (nSPS) is 13.4. The zero-order valence-electron chi connectivity index (χ0n) is 27.9. The lowest BCUT2D eigenvalue weighted by atomic mass is 9.87. The van der Waals surface area contributed by atoms with Crippen molar-refractivity contribution >= 4 is 10.9 Å². The van der Waals surface area contributed by atoms with Gasteiger partial charge in [-0.3, -0.25) is 0 Å². The molecule has 5 aromatic carbocycles. The molecule has 7 rings (SSSR count). The summed E-state index contributed by atoms with van der Waals surface area (Å²) in [5.74, 6) is 3.52. The van der Waals surface area contributed by atoms with Gasteiger partial charge in [-0.15, -0.1) is 0 Å². The van der Waals surface area contributed by atoms with Crippen molar-refractivity contribution in [1.29, 1.82) is 0 Å². The minimum atomic E-state index is 0.540. The van der Waals surface area contributed by atoms with Gasteiger partial charge in [0.15, 0.2) is 0 Å². The van der Waals surface area contributed by atoms with Gasteiger partial charge in [0.1, 0.15) is 30.5 Å². The summed E-state index contributed by atoms with van der Waals surface area (Å²) in [5.41, 5.74) is 8.33. The first-order valence-corrected chi connectivity index (χ1v) is 17.5. The molecule has 244 valence electrons. The lowest BCUT2D eigenvalue weighted by Crippen LogP contribution is -2.10. The maximum atomic E-state index is 6.25. The fourth-order valence-corrected chi connectivity index (χ4v) is 7.01. The van der Waals surface area contributed by atoms with Crippen LogP contribution in [-0.4, -0.2) is 11.2 Å². The summed E-state index contributed by atoms with van der Waals surface area (Å²) in [6.07, 6.45) is 8.03. The molecule has 0 amide bonds. The first-order valence-electron chi connectivity index (χ1n) is 17.5. The van der Waals surface area contributed by atoms with Crippen molar-refractivity contribution in [3.63, 3.8) is 0 Å². The summed E-state index contributed by atoms with van der Waals surface area (Å²) in [7, 11) is 0. The predicted molar refractivity (Wildman–Crippen MR) is 196 cm³/mol. The molecule has 0 atom stereocenters. The molecule has 1 heterocycles. The fraction of sp³-hybridized carbons (Fsp3) is 0.273. The molecule has 0 radical (unpaired) electrons. The summed E-state index contributed by atoms with van der Waals surface area (Å²) in [4.78, 5) is 0. The molecule has 1 saturated carbocycles. The van der Waals surface area contributed by atoms with Crippen LogP contribution in [0.1, 0.15) is 60.8 Å². The van der Waals surface area contributed by atoms with Crippen LogP contribution in [0.3, 0.4) is 0 Å². The highest BCUT2D eigenvalue weighted by molar-refractivity contribution is 5.92. The number of aryl methyl sites for hydroxylation is 1. The van der Waals surface area contributed by atoms with E-state index >= 15 is 0 Å². The Morgan fingerprint density at radius 3 is 1.83 bits per heavy atom. The molecule has 0 bridgehead atoms. The summed E-state index contributed by atoms with van der Waals surface area (Å²) >= 11 is 0. The third-order valence-corrected chi connectivity index (χ3v) is 9.70. The third-order valence-electron chi connectivity index (χ3n) is 9.70. The van der Waals surface area contributed by atoms with Crippen LogP contribution in [0, 0.1) is 12.8 Å². The fourth-order valence-electron chi connectivity index (χ4n) is 7.01. The highest BCUT2D eigenvalue weighted by atomic mass is 16.5. The molecule has 4 heteroatoms. The average Bonchev–Trinajstić information content (AvgIpc) is 3.42. The highest BCUT2D eigenvalue weighted by Crippen LogP contribution is 2.37. The van der Waals surface area contributed by atoms with Gasteiger partial charge in [0.05, 0.1) is 12.3 Å². The zero-order chi connectivity index (χ0) is 32.5. The van der Waals surface area contributed by atoms with E-state index in [4.69, 9.17) is 14.2 Å². The predicted octanol–water partition coefficient (Wildman–Crippen LogP) is 11.2. The van der Waals surface area contributed by atoms with Crippen molar-refractivity contribution in [3.05, 3.63) is 150 Å². The van der Waals surface area contributed by atoms with Crippen LogP contribution in [0.15, 0.2) is 127 Å². The number of aromatic nitrogens is 1. The molecule has 0 spiro atoms. The Hall–Kier alpha value is -4.96. The molecule has 4 nitrogen and oxygen atoms in total. The van der Waals surface area contributed by atoms with Crippen LogP contribution >= 0.6 is 0 Å². The molecule has 0 unspecified atom stereocenters. The van der Waals surface area contributed by atoms with Crippen LogP contribution in [0.2, 0.25) is 0 Å². The number of ether oxygens (including phenoxy) is 3. The van der Waals surface area contributed by atoms with Crippen molar-refractivity contribution < 1.29 is 14.2 Å². The van der Waals surface area contributed by atoms with Crippen molar-refractivity contribution in [2.45, 2.75) is 65.2 Å². The Balaban J connectivity index is 1.13. The molecule has 1 aliphatic carbocycles. The van der Waals surface area contributed by atoms with Gasteiger partial charge >= 0.3 is 0 Å². The molecule has 0 aliphatic heterocycles. The Morgan fingerprint density at radius 1 is 0.583 bits per heavy atom. The van der Waals surface area contributed by atoms with Crippen molar-refractivity contribution in [1.82, 2.24) is 4.57 Å². The smallest absolute Gasteiger partial charge is 0.120 e. The van der Waals surface area contributed by atoms with Crippen molar-refractivity contribution in [2.75, 3.05) is 6.61 Å². The number of rotatable bonds is 13. The van der Waals surface area contributed by atoms with E-state index in [-0.39, 0.29) is 0 Å². The van der Waals surface area contributed by atoms with E-state index in [9.17, 15) is 0 Å². The van der Waals surface area contributed by atoms with Gasteiger partial charge in [-0.1, -0.05) is 105 Å². The SMILES string of the molecule is Cc1c(-c2ccc(OCc3ccccc3)cc2)n(Cc2ccc(OCCC3CCCCC3)cc2)c2ccc(OCc3ccccc3)cc12. The Labute approximate surface area is 284 Å². The van der Waals surface area contributed by atoms with Crippen molar-refractivity contribution in [2.24, 2.45) is 5.92 Å². The topological polar surface area (TPSA) is 32.6 Å². The van der Waals surface area contributed by atoms with E-state index in [2.05, 4.69) is 102 Å². The Morgan fingerprint density at radius 2 is 1.17 bits per heavy atom. The van der Waals surface area contributed by atoms with E-state index in [1.54, 1.807) is 0 Å². The molecule has 0 N–H and O–H groups in total. The minimum absolute atomic E-state index is 0.540. The largest absolute Gasteiger partial charge is 0.494 e. The van der Waals surface area contributed by atoms with Gasteiger partial charge in [-0.05, 0) is 102 Å². The monoisotopic (exact) mass is 635 g/mol. The number of fused-ring (bicyclic) bond motifs is 1. The standard InChI is InChI=1S/C44H45NO3/c1-33-42-29-41(48-32-37-15-9-4-10-16-37)25-26-43(42)45(30-35-17-21-39(22-18-35)46-28-27-34-11-5-2-6-12-34)44(33)38-19-23-40(24-20-38)47-31-36-13-7-3-8-14-36/h3-4,7-10,13-26,29,34H,2,5-6,11-12,27-28,30-32H2,1H3. The van der Waals surface area contributed by atoms with Gasteiger partial charge in [0.25, 0.3) is 0 Å². The third kappa shape index (κ3) is 7.77. The summed E-state index contributed by atoms with van der Waals surface area (Å²) in [6, 6.07) is 44.3. The van der Waals surface area contributed by atoms with Crippen LogP contribution < -0.4 is 14.2 Å². The van der Waals surface area contributed by atoms with Crippen LogP contribution in [0.4, 0.5) is 0 Å². The molecule has 1 aromatic heterocycles. The van der Waals surface area contributed by atoms with Crippen LogP contribution in [-0.2, 0) is 19.8 Å².